The molecule has 0 heterocycles. The van der Waals surface area contributed by atoms with E-state index in [-0.39, 0.29) is 6.73 Å². The number of hydrogen-bond donors (Lipinski definition) is 3. The van der Waals surface area contributed by atoms with Crippen LogP contribution in [0.3, 0.4) is 0 Å². The van der Waals surface area contributed by atoms with E-state index < -0.39 is 0 Å². The summed E-state index contributed by atoms with van der Waals surface area (Å²) in [5, 5.41) is 0. The Morgan fingerprint density at radius 2 is 2.40 bits per heavy atom. The lowest BCUT2D eigenvalue weighted by Gasteiger charge is -1.87. The maximum atomic E-state index is 4.68. The molecule has 5 heavy (non-hydrogen) atoms. The Hall–Kier alpha value is -0.160. The van der Waals surface area contributed by atoms with Crippen molar-refractivity contribution in [2.75, 3.05) is 6.73 Å². The van der Waals surface area contributed by atoms with Gasteiger partial charge in [-0.3, -0.25) is 10.7 Å². The summed E-state index contributed by atoms with van der Waals surface area (Å²) in [6.07, 6.45) is 0. The molecule has 4 heteroatoms. The predicted octanol–water partition coefficient (Wildman–Crippen LogP) is -1.70. The lowest BCUT2D eigenvalue weighted by atomic mass is 11.3. The topological polar surface area (TPSA) is 73.3 Å². The lowest BCUT2D eigenvalue weighted by Crippen LogP contribution is -2.26. The van der Waals surface area contributed by atoms with E-state index in [2.05, 4.69) is 22.0 Å². The summed E-state index contributed by atoms with van der Waals surface area (Å²) in [4.78, 5) is 3.95. The molecule has 5 N–H and O–H groups in total. The molecule has 0 aliphatic rings. The van der Waals surface area contributed by atoms with Crippen LogP contribution >= 0.6 is 0 Å². The number of hydrogen-bond acceptors (Lipinski definition) is 4. The molecule has 0 aliphatic carbocycles. The number of nitrogens with two attached hydrogens (primary N) is 2. The zero-order chi connectivity index (χ0) is 4.12. The van der Waals surface area contributed by atoms with Crippen molar-refractivity contribution >= 4 is 0 Å². The molecule has 0 spiro atoms. The first-order valence-electron chi connectivity index (χ1n) is 1.17. The van der Waals surface area contributed by atoms with Crippen LogP contribution in [0.5, 0.6) is 0 Å². The normalized spacial score (nSPS) is 8.40. The van der Waals surface area contributed by atoms with Gasteiger partial charge < -0.3 is 0 Å². The van der Waals surface area contributed by atoms with Crippen molar-refractivity contribution in [2.45, 2.75) is 0 Å². The van der Waals surface area contributed by atoms with E-state index in [4.69, 9.17) is 0 Å². The van der Waals surface area contributed by atoms with Crippen LogP contribution in [0.25, 0.3) is 0 Å². The first-order chi connectivity index (χ1) is 2.41. The number of nitrogens with one attached hydrogen (secondary N) is 1. The average Bonchev–Trinajstić information content (AvgIpc) is 1.41. The van der Waals surface area contributed by atoms with Gasteiger partial charge in [-0.15, -0.1) is 0 Å². The van der Waals surface area contributed by atoms with E-state index in [1.54, 1.807) is 0 Å². The molecule has 0 aliphatic heterocycles. The zero-order valence-corrected chi connectivity index (χ0v) is 2.77. The van der Waals surface area contributed by atoms with Crippen molar-refractivity contribution in [3.05, 3.63) is 0 Å². The summed E-state index contributed by atoms with van der Waals surface area (Å²) >= 11 is 0. The molecular formula is CH7N3O. The van der Waals surface area contributed by atoms with Gasteiger partial charge in [-0.1, -0.05) is 0 Å². The minimum absolute atomic E-state index is 0.194. The average molecular weight is 77.1 g/mol. The Labute approximate surface area is 30.0 Å². The Kier molecular flexibility index (Phi) is 3.72. The number of hydrazine groups is 1. The van der Waals surface area contributed by atoms with Crippen molar-refractivity contribution in [3.8, 4) is 0 Å². The van der Waals surface area contributed by atoms with Crippen LogP contribution in [0.4, 0.5) is 0 Å². The third-order valence-corrected chi connectivity index (χ3v) is 0.167. The quantitative estimate of drug-likeness (QED) is 0.208. The minimum Gasteiger partial charge on any atom is -0.288 e. The SMILES string of the molecule is NNCON. The maximum Gasteiger partial charge on any atom is 0.130 e. The molecule has 0 atom stereocenters. The molecule has 0 radical (unpaired) electrons. The second kappa shape index (κ2) is 3.84. The Balaban J connectivity index is 2.19. The summed E-state index contributed by atoms with van der Waals surface area (Å²) in [5.74, 6) is 9.18. The molecule has 0 amide bonds. The minimum atomic E-state index is 0.194. The highest BCUT2D eigenvalue weighted by Gasteiger charge is 1.62. The third-order valence-electron chi connectivity index (χ3n) is 0.167. The van der Waals surface area contributed by atoms with Crippen molar-refractivity contribution in [3.63, 3.8) is 0 Å². The van der Waals surface area contributed by atoms with Gasteiger partial charge >= 0.3 is 0 Å². The molecule has 0 aromatic heterocycles. The molecule has 0 aromatic rings. The molecule has 0 aromatic carbocycles. The predicted molar refractivity (Wildman–Crippen MR) is 17.5 cm³/mol. The monoisotopic (exact) mass is 77.1 g/mol. The van der Waals surface area contributed by atoms with Crippen LogP contribution in [0.15, 0.2) is 0 Å². The standard InChI is InChI=1S/CH7N3O/c2-4-1-5-3/h4H,1-3H2. The molecule has 4 nitrogen and oxygen atoms in total. The number of rotatable bonds is 2. The molecule has 0 saturated carbocycles. The molecular weight excluding hydrogens is 70.0 g/mol. The van der Waals surface area contributed by atoms with E-state index >= 15 is 0 Å². The van der Waals surface area contributed by atoms with Gasteiger partial charge in [-0.25, -0.2) is 11.3 Å². The highest BCUT2D eigenvalue weighted by Crippen LogP contribution is 1.38. The first kappa shape index (κ1) is 4.84. The Bertz CT molecular complexity index is 14.4. The van der Waals surface area contributed by atoms with Crippen LogP contribution in [0.2, 0.25) is 0 Å². The zero-order valence-electron chi connectivity index (χ0n) is 2.77. The van der Waals surface area contributed by atoms with Crippen molar-refractivity contribution < 1.29 is 4.84 Å². The van der Waals surface area contributed by atoms with Gasteiger partial charge in [-0.2, -0.15) is 0 Å². The van der Waals surface area contributed by atoms with E-state index in [0.717, 1.165) is 0 Å². The maximum absolute atomic E-state index is 4.68. The molecule has 32 valence electrons. The van der Waals surface area contributed by atoms with E-state index in [0.29, 0.717) is 0 Å². The fourth-order valence-corrected chi connectivity index (χ4v) is 0.0481. The van der Waals surface area contributed by atoms with Crippen molar-refractivity contribution in [1.29, 1.82) is 0 Å². The van der Waals surface area contributed by atoms with Crippen LogP contribution < -0.4 is 17.2 Å². The van der Waals surface area contributed by atoms with Gasteiger partial charge in [0.1, 0.15) is 6.73 Å². The van der Waals surface area contributed by atoms with E-state index in [1.807, 2.05) is 0 Å². The lowest BCUT2D eigenvalue weighted by molar-refractivity contribution is 0.120. The highest BCUT2D eigenvalue weighted by molar-refractivity contribution is 3.99. The van der Waals surface area contributed by atoms with E-state index in [1.165, 1.54) is 0 Å². The summed E-state index contributed by atoms with van der Waals surface area (Å²) in [5.41, 5.74) is 2.17. The second-order valence-corrected chi connectivity index (χ2v) is 0.515. The molecule has 0 unspecified atom stereocenters. The first-order valence-corrected chi connectivity index (χ1v) is 1.17. The third kappa shape index (κ3) is 3.84. The van der Waals surface area contributed by atoms with Gasteiger partial charge in [-0.05, 0) is 0 Å². The molecule has 0 fully saturated rings. The highest BCUT2D eigenvalue weighted by atomic mass is 16.6. The van der Waals surface area contributed by atoms with E-state index in [9.17, 15) is 0 Å². The largest absolute Gasteiger partial charge is 0.288 e. The fourth-order valence-electron chi connectivity index (χ4n) is 0.0481. The van der Waals surface area contributed by atoms with Crippen LogP contribution in [0, 0.1) is 0 Å². The van der Waals surface area contributed by atoms with Crippen LogP contribution in [-0.4, -0.2) is 6.73 Å². The van der Waals surface area contributed by atoms with Crippen LogP contribution in [0.1, 0.15) is 0 Å². The molecule has 0 saturated heterocycles. The summed E-state index contributed by atoms with van der Waals surface area (Å²) < 4.78 is 0. The van der Waals surface area contributed by atoms with Gasteiger partial charge in [0.05, 0.1) is 0 Å². The Morgan fingerprint density at radius 1 is 1.80 bits per heavy atom. The van der Waals surface area contributed by atoms with Crippen LogP contribution in [-0.2, 0) is 4.84 Å². The Morgan fingerprint density at radius 3 is 2.40 bits per heavy atom. The van der Waals surface area contributed by atoms with Crippen molar-refractivity contribution in [2.24, 2.45) is 11.7 Å². The van der Waals surface area contributed by atoms with Gasteiger partial charge in [0.15, 0.2) is 0 Å². The van der Waals surface area contributed by atoms with Crippen molar-refractivity contribution in [1.82, 2.24) is 5.43 Å². The second-order valence-electron chi connectivity index (χ2n) is 0.515. The molecule has 0 bridgehead atoms. The summed E-state index contributed by atoms with van der Waals surface area (Å²) in [6.45, 7) is 0.194. The van der Waals surface area contributed by atoms with Gasteiger partial charge in [0, 0.05) is 0 Å². The van der Waals surface area contributed by atoms with Gasteiger partial charge in [0.25, 0.3) is 0 Å². The summed E-state index contributed by atoms with van der Waals surface area (Å²) in [6, 6.07) is 0. The smallest absolute Gasteiger partial charge is 0.130 e. The fraction of sp³-hybridized carbons (Fsp3) is 1.00. The molecule has 0 rings (SSSR count). The van der Waals surface area contributed by atoms with Gasteiger partial charge in [0.2, 0.25) is 0 Å². The summed E-state index contributed by atoms with van der Waals surface area (Å²) in [7, 11) is 0.